The van der Waals surface area contributed by atoms with Crippen LogP contribution in [0.2, 0.25) is 0 Å². The second-order valence-corrected chi connectivity index (χ2v) is 7.09. The Morgan fingerprint density at radius 3 is 2.71 bits per heavy atom. The van der Waals surface area contributed by atoms with Crippen LogP contribution in [-0.2, 0) is 17.6 Å². The Labute approximate surface area is 145 Å². The van der Waals surface area contributed by atoms with Gasteiger partial charge in [-0.1, -0.05) is 6.07 Å². The minimum atomic E-state index is -0.446. The van der Waals surface area contributed by atoms with Crippen LogP contribution in [0.25, 0.3) is 0 Å². The predicted octanol–water partition coefficient (Wildman–Crippen LogP) is 2.93. The molecule has 1 aromatic rings. The fourth-order valence-electron chi connectivity index (χ4n) is 3.70. The zero-order chi connectivity index (χ0) is 16.8. The third-order valence-electron chi connectivity index (χ3n) is 5.15. The van der Waals surface area contributed by atoms with Crippen molar-refractivity contribution in [2.75, 3.05) is 26.2 Å². The van der Waals surface area contributed by atoms with E-state index in [4.69, 9.17) is 4.74 Å². The highest BCUT2D eigenvalue weighted by molar-refractivity contribution is 5.80. The normalized spacial score (nSPS) is 18.9. The maximum atomic E-state index is 12.2. The Bertz CT molecular complexity index is 553. The summed E-state index contributed by atoms with van der Waals surface area (Å²) in [7, 11) is 0. The third-order valence-corrected chi connectivity index (χ3v) is 5.15. The molecule has 2 aliphatic rings. The number of hydrogen-bond donors (Lipinski definition) is 1. The molecule has 4 heteroatoms. The lowest BCUT2D eigenvalue weighted by Crippen LogP contribution is -2.37. The molecular weight excluding hydrogens is 300 g/mol. The van der Waals surface area contributed by atoms with E-state index in [-0.39, 0.29) is 5.91 Å². The lowest BCUT2D eigenvalue weighted by Gasteiger charge is -2.19. The molecule has 4 nitrogen and oxygen atoms in total. The molecule has 3 rings (SSSR count). The number of amides is 1. The molecule has 1 atom stereocenters. The molecule has 1 amide bonds. The fourth-order valence-corrected chi connectivity index (χ4v) is 3.70. The van der Waals surface area contributed by atoms with E-state index in [1.165, 1.54) is 56.3 Å². The molecule has 1 aliphatic carbocycles. The summed E-state index contributed by atoms with van der Waals surface area (Å²) in [5, 5.41) is 3.00. The number of likely N-dealkylation sites (tertiary alicyclic amines) is 1. The largest absolute Gasteiger partial charge is 0.481 e. The molecule has 0 bridgehead atoms. The summed E-state index contributed by atoms with van der Waals surface area (Å²) in [4.78, 5) is 14.7. The van der Waals surface area contributed by atoms with Crippen molar-refractivity contribution in [3.8, 4) is 5.75 Å². The number of fused-ring (bicyclic) bond motifs is 1. The van der Waals surface area contributed by atoms with Gasteiger partial charge in [0.25, 0.3) is 5.91 Å². The Morgan fingerprint density at radius 1 is 1.17 bits per heavy atom. The van der Waals surface area contributed by atoms with Crippen LogP contribution in [0.4, 0.5) is 0 Å². The van der Waals surface area contributed by atoms with Crippen molar-refractivity contribution in [2.45, 2.75) is 58.0 Å². The standard InChI is InChI=1S/C20H30N2O2/c1-16(20(23)21-11-6-14-22-12-4-5-13-22)24-19-10-9-17-7-2-3-8-18(17)15-19/h9-10,15-16H,2-8,11-14H2,1H3,(H,21,23)/t16-/m1/s1. The zero-order valence-corrected chi connectivity index (χ0v) is 14.9. The first-order chi connectivity index (χ1) is 11.7. The molecule has 0 spiro atoms. The Morgan fingerprint density at radius 2 is 1.92 bits per heavy atom. The van der Waals surface area contributed by atoms with Gasteiger partial charge in [0.2, 0.25) is 0 Å². The van der Waals surface area contributed by atoms with Gasteiger partial charge in [-0.25, -0.2) is 0 Å². The highest BCUT2D eigenvalue weighted by Gasteiger charge is 2.16. The molecule has 24 heavy (non-hydrogen) atoms. The Balaban J connectivity index is 1.40. The summed E-state index contributed by atoms with van der Waals surface area (Å²) in [6.45, 7) is 6.07. The number of ether oxygens (including phenoxy) is 1. The minimum absolute atomic E-state index is 0.0193. The van der Waals surface area contributed by atoms with Gasteiger partial charge < -0.3 is 15.0 Å². The van der Waals surface area contributed by atoms with Crippen LogP contribution in [0.1, 0.15) is 50.2 Å². The quantitative estimate of drug-likeness (QED) is 0.782. The van der Waals surface area contributed by atoms with E-state index in [9.17, 15) is 4.79 Å². The third kappa shape index (κ3) is 4.73. The van der Waals surface area contributed by atoms with Gasteiger partial charge in [0.05, 0.1) is 0 Å². The lowest BCUT2D eigenvalue weighted by atomic mass is 9.92. The van der Waals surface area contributed by atoms with E-state index in [1.54, 1.807) is 0 Å². The van der Waals surface area contributed by atoms with Gasteiger partial charge in [0.1, 0.15) is 5.75 Å². The molecular formula is C20H30N2O2. The van der Waals surface area contributed by atoms with Gasteiger partial charge in [0.15, 0.2) is 6.10 Å². The fraction of sp³-hybridized carbons (Fsp3) is 0.650. The van der Waals surface area contributed by atoms with Gasteiger partial charge in [-0.15, -0.1) is 0 Å². The maximum absolute atomic E-state index is 12.2. The number of nitrogens with one attached hydrogen (secondary N) is 1. The number of carbonyl (C=O) groups is 1. The Kier molecular flexibility index (Phi) is 6.13. The average Bonchev–Trinajstić information content (AvgIpc) is 3.12. The van der Waals surface area contributed by atoms with Crippen molar-refractivity contribution >= 4 is 5.91 Å². The molecule has 0 aromatic heterocycles. The van der Waals surface area contributed by atoms with Gasteiger partial charge in [-0.3, -0.25) is 4.79 Å². The van der Waals surface area contributed by atoms with E-state index in [1.807, 2.05) is 13.0 Å². The number of benzene rings is 1. The van der Waals surface area contributed by atoms with E-state index in [0.29, 0.717) is 0 Å². The summed E-state index contributed by atoms with van der Waals surface area (Å²) >= 11 is 0. The lowest BCUT2D eigenvalue weighted by molar-refractivity contribution is -0.127. The predicted molar refractivity (Wildman–Crippen MR) is 96.5 cm³/mol. The van der Waals surface area contributed by atoms with Crippen LogP contribution < -0.4 is 10.1 Å². The molecule has 0 radical (unpaired) electrons. The molecule has 132 valence electrons. The van der Waals surface area contributed by atoms with Crippen molar-refractivity contribution in [3.05, 3.63) is 29.3 Å². The Hall–Kier alpha value is -1.55. The van der Waals surface area contributed by atoms with Crippen molar-refractivity contribution in [2.24, 2.45) is 0 Å². The maximum Gasteiger partial charge on any atom is 0.260 e. The monoisotopic (exact) mass is 330 g/mol. The summed E-state index contributed by atoms with van der Waals surface area (Å²) in [6, 6.07) is 6.28. The van der Waals surface area contributed by atoms with E-state index in [0.717, 1.165) is 31.7 Å². The van der Waals surface area contributed by atoms with E-state index in [2.05, 4.69) is 22.3 Å². The second kappa shape index (κ2) is 8.52. The summed E-state index contributed by atoms with van der Waals surface area (Å²) < 4.78 is 5.85. The number of aryl methyl sites for hydroxylation is 2. The minimum Gasteiger partial charge on any atom is -0.481 e. The average molecular weight is 330 g/mol. The molecule has 1 saturated heterocycles. The van der Waals surface area contributed by atoms with Crippen molar-refractivity contribution in [3.63, 3.8) is 0 Å². The van der Waals surface area contributed by atoms with Crippen molar-refractivity contribution < 1.29 is 9.53 Å². The van der Waals surface area contributed by atoms with Gasteiger partial charge in [-0.2, -0.15) is 0 Å². The van der Waals surface area contributed by atoms with Gasteiger partial charge in [-0.05, 0) is 94.8 Å². The molecule has 1 N–H and O–H groups in total. The number of nitrogens with zero attached hydrogens (tertiary/aromatic N) is 1. The highest BCUT2D eigenvalue weighted by Crippen LogP contribution is 2.25. The first-order valence-electron chi connectivity index (χ1n) is 9.51. The molecule has 0 unspecified atom stereocenters. The van der Waals surface area contributed by atoms with Gasteiger partial charge >= 0.3 is 0 Å². The first-order valence-corrected chi connectivity index (χ1v) is 9.51. The summed E-state index contributed by atoms with van der Waals surface area (Å²) in [5.41, 5.74) is 2.82. The van der Waals surface area contributed by atoms with Crippen molar-refractivity contribution in [1.82, 2.24) is 10.2 Å². The highest BCUT2D eigenvalue weighted by atomic mass is 16.5. The van der Waals surface area contributed by atoms with Crippen LogP contribution in [0, 0.1) is 0 Å². The summed E-state index contributed by atoms with van der Waals surface area (Å²) in [5.74, 6) is 0.796. The van der Waals surface area contributed by atoms with Crippen LogP contribution in [0.3, 0.4) is 0 Å². The SMILES string of the molecule is C[C@@H](Oc1ccc2c(c1)CCCC2)C(=O)NCCCN1CCCC1. The van der Waals surface area contributed by atoms with Crippen LogP contribution in [-0.4, -0.2) is 43.1 Å². The van der Waals surface area contributed by atoms with Crippen molar-refractivity contribution in [1.29, 1.82) is 0 Å². The first kappa shape index (κ1) is 17.3. The summed E-state index contributed by atoms with van der Waals surface area (Å²) in [6.07, 6.45) is 8.03. The molecule has 1 aromatic carbocycles. The smallest absolute Gasteiger partial charge is 0.260 e. The molecule has 1 heterocycles. The zero-order valence-electron chi connectivity index (χ0n) is 14.9. The number of carbonyl (C=O) groups excluding carboxylic acids is 1. The molecule has 1 fully saturated rings. The van der Waals surface area contributed by atoms with Crippen LogP contribution in [0.15, 0.2) is 18.2 Å². The van der Waals surface area contributed by atoms with Gasteiger partial charge in [0, 0.05) is 6.54 Å². The molecule has 0 saturated carbocycles. The van der Waals surface area contributed by atoms with Crippen LogP contribution in [0.5, 0.6) is 5.75 Å². The van der Waals surface area contributed by atoms with E-state index >= 15 is 0 Å². The topological polar surface area (TPSA) is 41.6 Å². The molecule has 1 aliphatic heterocycles. The number of hydrogen-bond acceptors (Lipinski definition) is 3. The van der Waals surface area contributed by atoms with E-state index < -0.39 is 6.10 Å². The number of rotatable bonds is 7. The van der Waals surface area contributed by atoms with Crippen LogP contribution >= 0.6 is 0 Å². The second-order valence-electron chi connectivity index (χ2n) is 7.09.